The van der Waals surface area contributed by atoms with E-state index in [4.69, 9.17) is 4.52 Å². The fourth-order valence-electron chi connectivity index (χ4n) is 2.20. The number of carbonyl (C=O) groups excluding carboxylic acids is 1. The third kappa shape index (κ3) is 4.64. The van der Waals surface area contributed by atoms with E-state index in [1.54, 1.807) is 0 Å². The van der Waals surface area contributed by atoms with Crippen molar-refractivity contribution in [3.05, 3.63) is 11.7 Å². The predicted molar refractivity (Wildman–Crippen MR) is 76.0 cm³/mol. The average molecular weight is 282 g/mol. The Morgan fingerprint density at radius 1 is 1.37 bits per heavy atom. The molecule has 0 bridgehead atoms. The van der Waals surface area contributed by atoms with Crippen molar-refractivity contribution in [1.82, 2.24) is 10.1 Å². The maximum atomic E-state index is 11.6. The Morgan fingerprint density at radius 3 is 2.79 bits per heavy atom. The Balaban J connectivity index is 1.78. The van der Waals surface area contributed by atoms with Crippen molar-refractivity contribution in [2.75, 3.05) is 0 Å². The summed E-state index contributed by atoms with van der Waals surface area (Å²) < 4.78 is 5.13. The van der Waals surface area contributed by atoms with E-state index in [0.717, 1.165) is 16.8 Å². The molecule has 1 aliphatic rings. The highest BCUT2D eigenvalue weighted by Gasteiger charge is 2.17. The van der Waals surface area contributed by atoms with Gasteiger partial charge >= 0.3 is 0 Å². The number of hydrogen-bond donors (Lipinski definition) is 0. The lowest BCUT2D eigenvalue weighted by molar-refractivity contribution is -0.121. The Morgan fingerprint density at radius 2 is 2.11 bits per heavy atom. The molecule has 1 aromatic heterocycles. The highest BCUT2D eigenvalue weighted by molar-refractivity contribution is 7.99. The molecule has 0 spiro atoms. The molecule has 4 nitrogen and oxygen atoms in total. The van der Waals surface area contributed by atoms with Crippen molar-refractivity contribution in [2.24, 2.45) is 5.92 Å². The summed E-state index contributed by atoms with van der Waals surface area (Å²) in [5.74, 6) is 2.14. The summed E-state index contributed by atoms with van der Waals surface area (Å²) in [6, 6.07) is 0. The zero-order valence-electron chi connectivity index (χ0n) is 11.7. The van der Waals surface area contributed by atoms with Crippen LogP contribution in [0.5, 0.6) is 0 Å². The SMILES string of the molecule is CC(C)C(=O)Cc1nc(CSC2CCCCC2)no1. The molecule has 0 N–H and O–H groups in total. The lowest BCUT2D eigenvalue weighted by Gasteiger charge is -2.19. The smallest absolute Gasteiger partial charge is 0.234 e. The van der Waals surface area contributed by atoms with Crippen molar-refractivity contribution < 1.29 is 9.32 Å². The lowest BCUT2D eigenvalue weighted by atomic mass is 10.0. The third-order valence-corrected chi connectivity index (χ3v) is 4.85. The fourth-order valence-corrected chi connectivity index (χ4v) is 3.37. The summed E-state index contributed by atoms with van der Waals surface area (Å²) in [7, 11) is 0. The van der Waals surface area contributed by atoms with E-state index in [2.05, 4.69) is 10.1 Å². The molecule has 0 atom stereocenters. The van der Waals surface area contributed by atoms with E-state index in [0.29, 0.717) is 5.89 Å². The van der Waals surface area contributed by atoms with Gasteiger partial charge in [0.05, 0.1) is 12.2 Å². The summed E-state index contributed by atoms with van der Waals surface area (Å²) in [6.07, 6.45) is 6.94. The summed E-state index contributed by atoms with van der Waals surface area (Å²) >= 11 is 1.92. The summed E-state index contributed by atoms with van der Waals surface area (Å²) in [6.45, 7) is 3.77. The molecule has 1 heterocycles. The van der Waals surface area contributed by atoms with Gasteiger partial charge in [0.15, 0.2) is 5.82 Å². The van der Waals surface area contributed by atoms with Gasteiger partial charge in [0.1, 0.15) is 5.78 Å². The van der Waals surface area contributed by atoms with Crippen LogP contribution in [0.4, 0.5) is 0 Å². The Labute approximate surface area is 118 Å². The van der Waals surface area contributed by atoms with Crippen LogP contribution >= 0.6 is 11.8 Å². The minimum absolute atomic E-state index is 0.0203. The summed E-state index contributed by atoms with van der Waals surface area (Å²) in [5, 5.41) is 4.70. The lowest BCUT2D eigenvalue weighted by Crippen LogP contribution is -2.10. The zero-order valence-corrected chi connectivity index (χ0v) is 12.5. The van der Waals surface area contributed by atoms with E-state index in [1.807, 2.05) is 25.6 Å². The first kappa shape index (κ1) is 14.6. The van der Waals surface area contributed by atoms with E-state index in [1.165, 1.54) is 32.1 Å². The van der Waals surface area contributed by atoms with Crippen molar-refractivity contribution in [3.63, 3.8) is 0 Å². The van der Waals surface area contributed by atoms with Crippen LogP contribution in [0.15, 0.2) is 4.52 Å². The van der Waals surface area contributed by atoms with Crippen LogP contribution in [-0.2, 0) is 17.0 Å². The molecule has 2 rings (SSSR count). The molecule has 1 fully saturated rings. The molecule has 0 aromatic carbocycles. The van der Waals surface area contributed by atoms with E-state index >= 15 is 0 Å². The molecule has 1 aromatic rings. The van der Waals surface area contributed by atoms with Crippen molar-refractivity contribution in [3.8, 4) is 0 Å². The topological polar surface area (TPSA) is 56.0 Å². The highest BCUT2D eigenvalue weighted by Crippen LogP contribution is 2.29. The molecule has 5 heteroatoms. The van der Waals surface area contributed by atoms with Crippen LogP contribution in [0.3, 0.4) is 0 Å². The van der Waals surface area contributed by atoms with Gasteiger partial charge in [-0.25, -0.2) is 0 Å². The molecule has 1 aliphatic carbocycles. The van der Waals surface area contributed by atoms with Crippen LogP contribution in [0.2, 0.25) is 0 Å². The number of Topliss-reactive ketones (excluding diaryl/α,β-unsaturated/α-hetero) is 1. The van der Waals surface area contributed by atoms with Crippen LogP contribution in [0, 0.1) is 5.92 Å². The molecule has 0 radical (unpaired) electrons. The highest BCUT2D eigenvalue weighted by atomic mass is 32.2. The molecule has 0 amide bonds. The quantitative estimate of drug-likeness (QED) is 0.800. The molecular weight excluding hydrogens is 260 g/mol. The molecule has 1 saturated carbocycles. The van der Waals surface area contributed by atoms with Gasteiger partial charge in [-0.15, -0.1) is 0 Å². The first-order chi connectivity index (χ1) is 9.15. The van der Waals surface area contributed by atoms with E-state index < -0.39 is 0 Å². The number of nitrogens with zero attached hydrogens (tertiary/aromatic N) is 2. The molecule has 0 unspecified atom stereocenters. The summed E-state index contributed by atoms with van der Waals surface area (Å²) in [4.78, 5) is 15.9. The maximum absolute atomic E-state index is 11.6. The molecule has 106 valence electrons. The standard InChI is InChI=1S/C14H22N2O2S/c1-10(2)12(17)8-14-15-13(16-18-14)9-19-11-6-4-3-5-7-11/h10-11H,3-9H2,1-2H3. The van der Waals surface area contributed by atoms with Crippen LogP contribution in [-0.4, -0.2) is 21.2 Å². The van der Waals surface area contributed by atoms with Gasteiger partial charge in [-0.3, -0.25) is 4.79 Å². The number of rotatable bonds is 6. The largest absolute Gasteiger partial charge is 0.339 e. The zero-order chi connectivity index (χ0) is 13.7. The third-order valence-electron chi connectivity index (χ3n) is 3.48. The molecule has 19 heavy (non-hydrogen) atoms. The van der Waals surface area contributed by atoms with Crippen LogP contribution in [0.1, 0.15) is 57.7 Å². The van der Waals surface area contributed by atoms with Crippen molar-refractivity contribution in [1.29, 1.82) is 0 Å². The van der Waals surface area contributed by atoms with Gasteiger partial charge in [-0.05, 0) is 12.8 Å². The predicted octanol–water partition coefficient (Wildman–Crippen LogP) is 3.40. The van der Waals surface area contributed by atoms with Crippen LogP contribution in [0.25, 0.3) is 0 Å². The average Bonchev–Trinajstić information content (AvgIpc) is 2.85. The monoisotopic (exact) mass is 282 g/mol. The normalized spacial score (nSPS) is 17.0. The van der Waals surface area contributed by atoms with Gasteiger partial charge in [0, 0.05) is 11.2 Å². The fraction of sp³-hybridized carbons (Fsp3) is 0.786. The minimum Gasteiger partial charge on any atom is -0.339 e. The Hall–Kier alpha value is -0.840. The first-order valence-corrected chi connectivity index (χ1v) is 8.16. The van der Waals surface area contributed by atoms with E-state index in [-0.39, 0.29) is 18.1 Å². The second kappa shape index (κ2) is 7.08. The second-order valence-electron chi connectivity index (χ2n) is 5.47. The number of thioether (sulfide) groups is 1. The number of carbonyl (C=O) groups is 1. The van der Waals surface area contributed by atoms with Crippen molar-refractivity contribution >= 4 is 17.5 Å². The second-order valence-corrected chi connectivity index (χ2v) is 6.76. The Bertz CT molecular complexity index is 411. The maximum Gasteiger partial charge on any atom is 0.234 e. The molecular formula is C14H22N2O2S. The minimum atomic E-state index is 0.0203. The molecule has 0 saturated heterocycles. The Kier molecular flexibility index (Phi) is 5.43. The van der Waals surface area contributed by atoms with Crippen LogP contribution < -0.4 is 0 Å². The van der Waals surface area contributed by atoms with E-state index in [9.17, 15) is 4.79 Å². The van der Waals surface area contributed by atoms with Gasteiger partial charge in [-0.1, -0.05) is 38.3 Å². The van der Waals surface area contributed by atoms with Crippen molar-refractivity contribution in [2.45, 2.75) is 63.4 Å². The first-order valence-electron chi connectivity index (χ1n) is 7.11. The number of aromatic nitrogens is 2. The number of ketones is 1. The van der Waals surface area contributed by atoms with Gasteiger partial charge < -0.3 is 4.52 Å². The van der Waals surface area contributed by atoms with Gasteiger partial charge in [0.2, 0.25) is 5.89 Å². The van der Waals surface area contributed by atoms with Gasteiger partial charge in [0.25, 0.3) is 0 Å². The summed E-state index contributed by atoms with van der Waals surface area (Å²) in [5.41, 5.74) is 0. The number of hydrogen-bond acceptors (Lipinski definition) is 5. The molecule has 0 aliphatic heterocycles. The van der Waals surface area contributed by atoms with Gasteiger partial charge in [-0.2, -0.15) is 16.7 Å².